The average molecular weight is 478 g/mol. The van der Waals surface area contributed by atoms with Crippen LogP contribution in [-0.2, 0) is 16.0 Å². The molecule has 2 aromatic carbocycles. The molecule has 35 heavy (non-hydrogen) atoms. The molecule has 0 bridgehead atoms. The molecule has 0 aliphatic carbocycles. The van der Waals surface area contributed by atoms with Crippen molar-refractivity contribution in [3.63, 3.8) is 0 Å². The van der Waals surface area contributed by atoms with Crippen molar-refractivity contribution >= 4 is 29.2 Å². The molecule has 0 radical (unpaired) electrons. The van der Waals surface area contributed by atoms with E-state index in [-0.39, 0.29) is 5.91 Å². The van der Waals surface area contributed by atoms with Gasteiger partial charge in [0, 0.05) is 25.3 Å². The third-order valence-corrected chi connectivity index (χ3v) is 6.12. The van der Waals surface area contributed by atoms with Crippen LogP contribution in [0.1, 0.15) is 60.3 Å². The lowest BCUT2D eigenvalue weighted by Gasteiger charge is -2.30. The van der Waals surface area contributed by atoms with Crippen LogP contribution in [0.4, 0.5) is 10.5 Å². The van der Waals surface area contributed by atoms with Gasteiger partial charge in [0.25, 0.3) is 0 Å². The van der Waals surface area contributed by atoms with E-state index in [0.29, 0.717) is 37.3 Å². The molecule has 2 aromatic rings. The fourth-order valence-corrected chi connectivity index (χ4v) is 4.47. The highest BCUT2D eigenvalue weighted by molar-refractivity contribution is 5.97. The van der Waals surface area contributed by atoms with Gasteiger partial charge >= 0.3 is 12.1 Å². The maximum absolute atomic E-state index is 13.2. The lowest BCUT2D eigenvalue weighted by atomic mass is 9.85. The average Bonchev–Trinajstić information content (AvgIpc) is 2.82. The van der Waals surface area contributed by atoms with Crippen LogP contribution in [-0.4, -0.2) is 53.2 Å². The van der Waals surface area contributed by atoms with Crippen molar-refractivity contribution in [3.05, 3.63) is 70.8 Å². The smallest absolute Gasteiger partial charge is 0.407 e. The van der Waals surface area contributed by atoms with Crippen LogP contribution in [0, 0.1) is 0 Å². The Morgan fingerprint density at radius 1 is 1.09 bits per heavy atom. The van der Waals surface area contributed by atoms with E-state index in [1.54, 1.807) is 24.3 Å². The molecule has 1 unspecified atom stereocenters. The van der Waals surface area contributed by atoms with Crippen LogP contribution < -0.4 is 10.6 Å². The molecular weight excluding hydrogens is 446 g/mol. The van der Waals surface area contributed by atoms with Crippen molar-refractivity contribution in [2.24, 2.45) is 0 Å². The molecule has 8 nitrogen and oxygen atoms in total. The molecule has 0 fully saturated rings. The minimum atomic E-state index is -0.907. The third-order valence-electron chi connectivity index (χ3n) is 6.12. The van der Waals surface area contributed by atoms with Crippen molar-refractivity contribution in [2.45, 2.75) is 45.3 Å². The molecule has 4 rings (SSSR count). The number of hydrogen-bond donors (Lipinski definition) is 3. The first-order chi connectivity index (χ1) is 16.6. The number of ether oxygens (including phenoxy) is 1. The van der Waals surface area contributed by atoms with Gasteiger partial charge in [-0.05, 0) is 80.1 Å². The van der Waals surface area contributed by atoms with E-state index in [2.05, 4.69) is 16.7 Å². The van der Waals surface area contributed by atoms with Gasteiger partial charge in [-0.15, -0.1) is 0 Å². The largest absolute Gasteiger partial charge is 0.465 e. The van der Waals surface area contributed by atoms with Gasteiger partial charge in [-0.25, -0.2) is 9.59 Å². The number of carboxylic acid groups (broad SMARTS) is 1. The molecule has 2 aliphatic heterocycles. The highest BCUT2D eigenvalue weighted by Gasteiger charge is 2.29. The minimum Gasteiger partial charge on any atom is -0.465 e. The van der Waals surface area contributed by atoms with Crippen molar-refractivity contribution in [1.82, 2.24) is 10.2 Å². The summed E-state index contributed by atoms with van der Waals surface area (Å²) in [5.41, 5.74) is 4.71. The van der Waals surface area contributed by atoms with Crippen molar-refractivity contribution in [2.75, 3.05) is 25.0 Å². The number of nitrogens with zero attached hydrogens (tertiary/aromatic N) is 1. The van der Waals surface area contributed by atoms with E-state index in [4.69, 9.17) is 4.74 Å². The molecule has 0 spiro atoms. The normalized spacial score (nSPS) is 17.7. The SMILES string of the molecule is CC(C)(C)OC(=O)c1ccc(NC(=O)C2NCCc3c(C4=CCN(C(=O)O)CC4)cccc32)cc1. The summed E-state index contributed by atoms with van der Waals surface area (Å²) in [6.45, 7) is 6.94. The van der Waals surface area contributed by atoms with E-state index in [0.717, 1.165) is 28.7 Å². The predicted molar refractivity (Wildman–Crippen MR) is 133 cm³/mol. The van der Waals surface area contributed by atoms with E-state index in [9.17, 15) is 19.5 Å². The zero-order chi connectivity index (χ0) is 25.2. The molecule has 2 amide bonds. The lowest BCUT2D eigenvalue weighted by molar-refractivity contribution is -0.118. The molecule has 0 saturated heterocycles. The van der Waals surface area contributed by atoms with Crippen LogP contribution >= 0.6 is 0 Å². The summed E-state index contributed by atoms with van der Waals surface area (Å²) in [5.74, 6) is -0.586. The maximum atomic E-state index is 13.2. The van der Waals surface area contributed by atoms with Gasteiger partial charge < -0.3 is 25.4 Å². The number of amides is 2. The number of hydrogen-bond acceptors (Lipinski definition) is 5. The second kappa shape index (κ2) is 9.92. The number of rotatable bonds is 4. The third kappa shape index (κ3) is 5.71. The number of fused-ring (bicyclic) bond motifs is 1. The molecule has 8 heteroatoms. The Bertz CT molecular complexity index is 1160. The van der Waals surface area contributed by atoms with Crippen LogP contribution in [0.3, 0.4) is 0 Å². The summed E-state index contributed by atoms with van der Waals surface area (Å²) >= 11 is 0. The van der Waals surface area contributed by atoms with Gasteiger partial charge in [-0.2, -0.15) is 0 Å². The van der Waals surface area contributed by atoms with Gasteiger partial charge in [0.05, 0.1) is 5.56 Å². The first-order valence-electron chi connectivity index (χ1n) is 11.8. The van der Waals surface area contributed by atoms with Crippen LogP contribution in [0.25, 0.3) is 5.57 Å². The van der Waals surface area contributed by atoms with E-state index < -0.39 is 23.7 Å². The maximum Gasteiger partial charge on any atom is 0.407 e. The molecular formula is C27H31N3O5. The Kier molecular flexibility index (Phi) is 6.93. The number of anilines is 1. The first kappa shape index (κ1) is 24.5. The zero-order valence-corrected chi connectivity index (χ0v) is 20.3. The van der Waals surface area contributed by atoms with E-state index in [1.807, 2.05) is 39.0 Å². The number of benzene rings is 2. The Morgan fingerprint density at radius 2 is 1.83 bits per heavy atom. The summed E-state index contributed by atoms with van der Waals surface area (Å²) in [5, 5.41) is 15.5. The molecule has 1 atom stereocenters. The fourth-order valence-electron chi connectivity index (χ4n) is 4.47. The summed E-state index contributed by atoms with van der Waals surface area (Å²) in [7, 11) is 0. The summed E-state index contributed by atoms with van der Waals surface area (Å²) in [6, 6.07) is 12.1. The second-order valence-corrected chi connectivity index (χ2v) is 9.79. The second-order valence-electron chi connectivity index (χ2n) is 9.79. The van der Waals surface area contributed by atoms with Crippen molar-refractivity contribution in [1.29, 1.82) is 0 Å². The van der Waals surface area contributed by atoms with Gasteiger partial charge in [0.2, 0.25) is 5.91 Å². The topological polar surface area (TPSA) is 108 Å². The molecule has 184 valence electrons. The minimum absolute atomic E-state index is 0.178. The zero-order valence-electron chi connectivity index (χ0n) is 20.3. The summed E-state index contributed by atoms with van der Waals surface area (Å²) in [6.07, 6.45) is 2.50. The number of nitrogens with one attached hydrogen (secondary N) is 2. The Labute approximate surface area is 205 Å². The van der Waals surface area contributed by atoms with E-state index in [1.165, 1.54) is 4.90 Å². The molecule has 0 saturated carbocycles. The highest BCUT2D eigenvalue weighted by atomic mass is 16.6. The Morgan fingerprint density at radius 3 is 2.46 bits per heavy atom. The standard InChI is InChI=1S/C27H31N3O5/c1-27(2,3)35-25(32)18-7-9-19(10-8-18)29-24(31)23-22-6-4-5-20(21(22)11-14-28-23)17-12-15-30(16-13-17)26(33)34/h4-10,12,23,28H,11,13-16H2,1-3H3,(H,29,31)(H,33,34). The van der Waals surface area contributed by atoms with Gasteiger partial charge in [0.15, 0.2) is 0 Å². The molecule has 2 heterocycles. The lowest BCUT2D eigenvalue weighted by Crippen LogP contribution is -2.38. The Hall–Kier alpha value is -3.65. The first-order valence-corrected chi connectivity index (χ1v) is 11.8. The number of carbonyl (C=O) groups excluding carboxylic acids is 2. The van der Waals surface area contributed by atoms with Crippen molar-refractivity contribution in [3.8, 4) is 0 Å². The predicted octanol–water partition coefficient (Wildman–Crippen LogP) is 4.23. The highest BCUT2D eigenvalue weighted by Crippen LogP contribution is 2.33. The summed E-state index contributed by atoms with van der Waals surface area (Å²) < 4.78 is 5.39. The van der Waals surface area contributed by atoms with Gasteiger partial charge in [0.1, 0.15) is 11.6 Å². The van der Waals surface area contributed by atoms with Crippen molar-refractivity contribution < 1.29 is 24.2 Å². The van der Waals surface area contributed by atoms with Crippen LogP contribution in [0.15, 0.2) is 48.5 Å². The Balaban J connectivity index is 1.49. The number of esters is 1. The van der Waals surface area contributed by atoms with Crippen LogP contribution in [0.2, 0.25) is 0 Å². The quantitative estimate of drug-likeness (QED) is 0.569. The molecule has 3 N–H and O–H groups in total. The van der Waals surface area contributed by atoms with E-state index >= 15 is 0 Å². The molecule has 0 aromatic heterocycles. The fraction of sp³-hybridized carbons (Fsp3) is 0.370. The van der Waals surface area contributed by atoms with Crippen LogP contribution in [0.5, 0.6) is 0 Å². The summed E-state index contributed by atoms with van der Waals surface area (Å²) in [4.78, 5) is 38.0. The van der Waals surface area contributed by atoms with Gasteiger partial charge in [-0.1, -0.05) is 24.3 Å². The number of carbonyl (C=O) groups is 3. The molecule has 2 aliphatic rings. The monoisotopic (exact) mass is 477 g/mol. The van der Waals surface area contributed by atoms with Gasteiger partial charge in [-0.3, -0.25) is 4.79 Å².